The fraction of sp³-hybridized carbons (Fsp3) is 0.385. The number of aromatic carboxylic acids is 1. The van der Waals surface area contributed by atoms with Crippen LogP contribution in [0.2, 0.25) is 0 Å². The van der Waals surface area contributed by atoms with Crippen molar-refractivity contribution < 1.29 is 19.1 Å². The van der Waals surface area contributed by atoms with E-state index in [1.165, 1.54) is 23.7 Å². The van der Waals surface area contributed by atoms with Gasteiger partial charge in [0.05, 0.1) is 5.56 Å². The van der Waals surface area contributed by atoms with Crippen molar-refractivity contribution in [3.05, 3.63) is 28.3 Å². The first-order valence-corrected chi connectivity index (χ1v) is 6.92. The van der Waals surface area contributed by atoms with Crippen molar-refractivity contribution >= 4 is 17.3 Å². The summed E-state index contributed by atoms with van der Waals surface area (Å²) in [6, 6.07) is 1.47. The Bertz CT molecular complexity index is 560. The van der Waals surface area contributed by atoms with Gasteiger partial charge in [-0.2, -0.15) is 0 Å². The second-order valence-corrected chi connectivity index (χ2v) is 4.82. The molecular formula is C13H15NO4S. The van der Waals surface area contributed by atoms with E-state index < -0.39 is 5.97 Å². The summed E-state index contributed by atoms with van der Waals surface area (Å²) in [5, 5.41) is 11.6. The van der Waals surface area contributed by atoms with E-state index in [0.29, 0.717) is 18.1 Å². The zero-order chi connectivity index (χ0) is 13.8. The van der Waals surface area contributed by atoms with E-state index in [-0.39, 0.29) is 11.7 Å². The molecule has 6 heteroatoms. The summed E-state index contributed by atoms with van der Waals surface area (Å²) in [6.45, 7) is 4.62. The van der Waals surface area contributed by atoms with Gasteiger partial charge in [-0.3, -0.25) is 0 Å². The van der Waals surface area contributed by atoms with Crippen LogP contribution in [-0.4, -0.2) is 22.7 Å². The van der Waals surface area contributed by atoms with Gasteiger partial charge in [0.25, 0.3) is 0 Å². The predicted octanol–water partition coefficient (Wildman–Crippen LogP) is 3.59. The van der Waals surface area contributed by atoms with Crippen molar-refractivity contribution in [3.8, 4) is 11.5 Å². The summed E-state index contributed by atoms with van der Waals surface area (Å²) < 4.78 is 10.8. The van der Waals surface area contributed by atoms with Gasteiger partial charge in [0, 0.05) is 18.1 Å². The van der Waals surface area contributed by atoms with E-state index in [9.17, 15) is 4.79 Å². The lowest BCUT2D eigenvalue weighted by Crippen LogP contribution is -2.02. The molecule has 2 rings (SSSR count). The summed E-state index contributed by atoms with van der Waals surface area (Å²) in [4.78, 5) is 15.2. The second-order valence-electron chi connectivity index (χ2n) is 3.93. The molecule has 0 amide bonds. The molecule has 2 aromatic rings. The maximum absolute atomic E-state index is 10.8. The Kier molecular flexibility index (Phi) is 4.34. The number of carboxylic acid groups (broad SMARTS) is 1. The Hall–Kier alpha value is -1.66. The monoisotopic (exact) mass is 281 g/mol. The van der Waals surface area contributed by atoms with Crippen molar-refractivity contribution in [1.82, 2.24) is 4.98 Å². The van der Waals surface area contributed by atoms with Crippen LogP contribution in [0.1, 0.15) is 41.7 Å². The maximum Gasteiger partial charge on any atom is 0.338 e. The maximum atomic E-state index is 10.8. The first-order chi connectivity index (χ1) is 9.15. The Labute approximate surface area is 114 Å². The SMILES string of the molecule is CCOC(CC)c1nc(-c2cc(C(=O)O)co2)cs1. The molecular weight excluding hydrogens is 266 g/mol. The molecule has 0 aliphatic heterocycles. The van der Waals surface area contributed by atoms with Crippen LogP contribution in [-0.2, 0) is 4.74 Å². The third kappa shape index (κ3) is 3.02. The number of aromatic nitrogens is 1. The molecule has 0 radical (unpaired) electrons. The van der Waals surface area contributed by atoms with Crippen LogP contribution in [0.5, 0.6) is 0 Å². The van der Waals surface area contributed by atoms with Crippen molar-refractivity contribution in [2.75, 3.05) is 6.61 Å². The number of nitrogens with zero attached hydrogens (tertiary/aromatic N) is 1. The van der Waals surface area contributed by atoms with Gasteiger partial charge in [-0.25, -0.2) is 9.78 Å². The lowest BCUT2D eigenvalue weighted by molar-refractivity contribution is 0.0597. The molecule has 102 valence electrons. The fourth-order valence-electron chi connectivity index (χ4n) is 1.70. The van der Waals surface area contributed by atoms with E-state index >= 15 is 0 Å². The molecule has 1 unspecified atom stereocenters. The average Bonchev–Trinajstić information content (AvgIpc) is 3.03. The highest BCUT2D eigenvalue weighted by Gasteiger charge is 2.17. The van der Waals surface area contributed by atoms with Gasteiger partial charge < -0.3 is 14.3 Å². The molecule has 0 saturated carbocycles. The Morgan fingerprint density at radius 1 is 1.58 bits per heavy atom. The number of hydrogen-bond acceptors (Lipinski definition) is 5. The Morgan fingerprint density at radius 2 is 2.37 bits per heavy atom. The van der Waals surface area contributed by atoms with E-state index in [1.807, 2.05) is 19.2 Å². The molecule has 0 spiro atoms. The van der Waals surface area contributed by atoms with Crippen LogP contribution in [0.15, 0.2) is 22.1 Å². The molecule has 1 N–H and O–H groups in total. The Balaban J connectivity index is 2.21. The number of carbonyl (C=O) groups is 1. The van der Waals surface area contributed by atoms with E-state index in [0.717, 1.165) is 11.4 Å². The minimum Gasteiger partial charge on any atom is -0.478 e. The molecule has 1 atom stereocenters. The minimum atomic E-state index is -1.01. The molecule has 0 saturated heterocycles. The van der Waals surface area contributed by atoms with Crippen molar-refractivity contribution in [1.29, 1.82) is 0 Å². The van der Waals surface area contributed by atoms with Crippen LogP contribution in [0, 0.1) is 0 Å². The van der Waals surface area contributed by atoms with Gasteiger partial charge in [0.2, 0.25) is 0 Å². The molecule has 5 nitrogen and oxygen atoms in total. The summed E-state index contributed by atoms with van der Waals surface area (Å²) in [7, 11) is 0. The molecule has 0 bridgehead atoms. The molecule has 19 heavy (non-hydrogen) atoms. The van der Waals surface area contributed by atoms with Gasteiger partial charge >= 0.3 is 5.97 Å². The zero-order valence-electron chi connectivity index (χ0n) is 10.8. The summed E-state index contributed by atoms with van der Waals surface area (Å²) in [5.41, 5.74) is 0.770. The predicted molar refractivity (Wildman–Crippen MR) is 71.4 cm³/mol. The standard InChI is InChI=1S/C13H15NO4S/c1-3-10(17-4-2)12-14-9(7-19-12)11-5-8(6-18-11)13(15)16/h5-7,10H,3-4H2,1-2H3,(H,15,16). The molecule has 0 aliphatic carbocycles. The van der Waals surface area contributed by atoms with Crippen molar-refractivity contribution in [2.45, 2.75) is 26.4 Å². The van der Waals surface area contributed by atoms with Gasteiger partial charge in [0.15, 0.2) is 5.76 Å². The van der Waals surface area contributed by atoms with E-state index in [1.54, 1.807) is 0 Å². The average molecular weight is 281 g/mol. The second kappa shape index (κ2) is 5.99. The van der Waals surface area contributed by atoms with Crippen molar-refractivity contribution in [3.63, 3.8) is 0 Å². The summed E-state index contributed by atoms with van der Waals surface area (Å²) >= 11 is 1.49. The van der Waals surface area contributed by atoms with Crippen molar-refractivity contribution in [2.24, 2.45) is 0 Å². The summed E-state index contributed by atoms with van der Waals surface area (Å²) in [6.07, 6.45) is 2.05. The first kappa shape index (κ1) is 13.8. The highest BCUT2D eigenvalue weighted by atomic mass is 32.1. The molecule has 0 aliphatic rings. The number of carboxylic acids is 1. The highest BCUT2D eigenvalue weighted by molar-refractivity contribution is 7.10. The third-order valence-electron chi connectivity index (χ3n) is 2.63. The number of ether oxygens (including phenoxy) is 1. The summed E-state index contributed by atoms with van der Waals surface area (Å²) in [5.74, 6) is -0.544. The van der Waals surface area contributed by atoms with Crippen LogP contribution in [0.4, 0.5) is 0 Å². The lowest BCUT2D eigenvalue weighted by Gasteiger charge is -2.10. The van der Waals surface area contributed by atoms with Gasteiger partial charge in [-0.15, -0.1) is 11.3 Å². The fourth-order valence-corrected chi connectivity index (χ4v) is 2.64. The number of thiazole rings is 1. The number of hydrogen-bond donors (Lipinski definition) is 1. The van der Waals surface area contributed by atoms with Crippen LogP contribution < -0.4 is 0 Å². The molecule has 0 fully saturated rings. The quantitative estimate of drug-likeness (QED) is 0.876. The van der Waals surface area contributed by atoms with Gasteiger partial charge in [0.1, 0.15) is 23.1 Å². The largest absolute Gasteiger partial charge is 0.478 e. The smallest absolute Gasteiger partial charge is 0.338 e. The van der Waals surface area contributed by atoms with Gasteiger partial charge in [-0.05, 0) is 13.3 Å². The van der Waals surface area contributed by atoms with E-state index in [4.69, 9.17) is 14.3 Å². The normalized spacial score (nSPS) is 12.5. The topological polar surface area (TPSA) is 72.6 Å². The number of rotatable bonds is 6. The third-order valence-corrected chi connectivity index (χ3v) is 3.57. The van der Waals surface area contributed by atoms with Crippen LogP contribution in [0.25, 0.3) is 11.5 Å². The molecule has 0 aromatic carbocycles. The molecule has 2 aromatic heterocycles. The van der Waals surface area contributed by atoms with Gasteiger partial charge in [-0.1, -0.05) is 6.92 Å². The number of furan rings is 1. The molecule has 2 heterocycles. The van der Waals surface area contributed by atoms with E-state index in [2.05, 4.69) is 4.98 Å². The Morgan fingerprint density at radius 3 is 2.95 bits per heavy atom. The van der Waals surface area contributed by atoms with Crippen LogP contribution in [0.3, 0.4) is 0 Å². The van der Waals surface area contributed by atoms with Crippen LogP contribution >= 0.6 is 11.3 Å². The minimum absolute atomic E-state index is 0.0161. The lowest BCUT2D eigenvalue weighted by atomic mass is 10.2. The first-order valence-electron chi connectivity index (χ1n) is 6.04. The highest BCUT2D eigenvalue weighted by Crippen LogP contribution is 2.29. The zero-order valence-corrected chi connectivity index (χ0v) is 11.6.